The topological polar surface area (TPSA) is 158 Å². The third kappa shape index (κ3) is 10.4. The molecule has 9 heterocycles. The van der Waals surface area contributed by atoms with Crippen LogP contribution >= 0.6 is 0 Å². The lowest BCUT2D eigenvalue weighted by Crippen LogP contribution is -2.62. The first-order valence-electron chi connectivity index (χ1n) is 30.8. The van der Waals surface area contributed by atoms with Crippen LogP contribution in [0.5, 0.6) is 0 Å². The number of benzene rings is 2. The van der Waals surface area contributed by atoms with Crippen molar-refractivity contribution in [2.45, 2.75) is 173 Å². The van der Waals surface area contributed by atoms with Crippen molar-refractivity contribution in [3.05, 3.63) is 71.5 Å². The van der Waals surface area contributed by atoms with Gasteiger partial charge in [-0.2, -0.15) is 0 Å². The molecule has 3 amide bonds. The van der Waals surface area contributed by atoms with Crippen molar-refractivity contribution in [2.75, 3.05) is 70.4 Å². The minimum atomic E-state index is -0.884. The van der Waals surface area contributed by atoms with Crippen LogP contribution in [0.15, 0.2) is 54.7 Å². The van der Waals surface area contributed by atoms with Crippen molar-refractivity contribution in [1.29, 1.82) is 0 Å². The Bertz CT molecular complexity index is 3000. The molecule has 2 aromatic carbocycles. The average Bonchev–Trinajstić information content (AvgIpc) is 4.33. The lowest BCUT2D eigenvalue weighted by Gasteiger charge is -2.39. The Labute approximate surface area is 467 Å². The van der Waals surface area contributed by atoms with E-state index < -0.39 is 17.5 Å². The number of aryl methyl sites for hydroxylation is 1. The fraction of sp³-hybridized carbons (Fsp3) is 0.641. The molecule has 0 unspecified atom stereocenters. The summed E-state index contributed by atoms with van der Waals surface area (Å²) in [5.41, 5.74) is 12.9. The molecular weight excluding hydrogens is 989 g/mol. The average molecular weight is 1080 g/mol. The highest BCUT2D eigenvalue weighted by molar-refractivity contribution is 5.96. The van der Waals surface area contributed by atoms with E-state index in [0.29, 0.717) is 43.8 Å². The van der Waals surface area contributed by atoms with Crippen molar-refractivity contribution >= 4 is 40.3 Å². The zero-order valence-electron chi connectivity index (χ0n) is 47.7. The van der Waals surface area contributed by atoms with Gasteiger partial charge in [0.05, 0.1) is 35.9 Å². The zero-order chi connectivity index (χ0) is 54.3. The molecule has 15 nitrogen and oxygen atoms in total. The maximum absolute atomic E-state index is 15.3. The second-order valence-electron chi connectivity index (χ2n) is 26.8. The van der Waals surface area contributed by atoms with E-state index in [1.165, 1.54) is 60.1 Å². The maximum atomic E-state index is 15.3. The van der Waals surface area contributed by atoms with Crippen LogP contribution < -0.4 is 21.0 Å². The summed E-state index contributed by atoms with van der Waals surface area (Å²) in [5, 5.41) is 9.65. The Balaban J connectivity index is 0.834. The fourth-order valence-electron chi connectivity index (χ4n) is 15.8. The summed E-state index contributed by atoms with van der Waals surface area (Å²) in [6.07, 6.45) is 15.2. The number of rotatable bonds is 10. The Morgan fingerprint density at radius 3 is 2.49 bits per heavy atom. The van der Waals surface area contributed by atoms with Gasteiger partial charge in [0.1, 0.15) is 18.1 Å². The molecule has 8 fully saturated rings. The molecule has 0 radical (unpaired) electrons. The van der Waals surface area contributed by atoms with Gasteiger partial charge >= 0.3 is 5.97 Å². The van der Waals surface area contributed by atoms with Gasteiger partial charge in [-0.05, 0) is 149 Å². The number of anilines is 1. The first-order chi connectivity index (χ1) is 38.2. The van der Waals surface area contributed by atoms with E-state index in [4.69, 9.17) is 9.72 Å². The molecule has 6 saturated heterocycles. The van der Waals surface area contributed by atoms with Gasteiger partial charge in [0.25, 0.3) is 5.91 Å². The van der Waals surface area contributed by atoms with Gasteiger partial charge in [-0.25, -0.2) is 5.43 Å². The quantitative estimate of drug-likeness (QED) is 0.106. The van der Waals surface area contributed by atoms with Crippen LogP contribution in [0.25, 0.3) is 33.3 Å². The Hall–Kier alpha value is -5.35. The van der Waals surface area contributed by atoms with Gasteiger partial charge in [-0.3, -0.25) is 44.3 Å². The van der Waals surface area contributed by atoms with Crippen LogP contribution in [0.4, 0.5) is 5.69 Å². The minimum Gasteiger partial charge on any atom is -0.464 e. The summed E-state index contributed by atoms with van der Waals surface area (Å²) >= 11 is 0. The molecule has 2 aromatic heterocycles. The molecule has 2 aliphatic carbocycles. The highest BCUT2D eigenvalue weighted by atomic mass is 16.5. The number of aromatic nitrogens is 2. The molecule has 1 spiro atoms. The molecule has 79 heavy (non-hydrogen) atoms. The molecule has 6 bridgehead atoms. The molecule has 9 aliphatic rings. The summed E-state index contributed by atoms with van der Waals surface area (Å²) in [6.45, 7) is 19.9. The van der Waals surface area contributed by atoms with Crippen LogP contribution in [-0.2, 0) is 43.3 Å². The number of likely N-dealkylation sites (tertiary alicyclic amines) is 2. The summed E-state index contributed by atoms with van der Waals surface area (Å²) in [4.78, 5) is 73.5. The van der Waals surface area contributed by atoms with Crippen LogP contribution in [0, 0.1) is 22.7 Å². The molecule has 3 N–H and O–H groups in total. The number of nitrogens with one attached hydrogen (secondary N) is 3. The molecule has 7 aliphatic heterocycles. The fourth-order valence-corrected chi connectivity index (χ4v) is 15.8. The smallest absolute Gasteiger partial charge is 0.324 e. The Morgan fingerprint density at radius 2 is 1.68 bits per heavy atom. The number of carbonyl (C=O) groups excluding carboxylic acids is 4. The highest BCUT2D eigenvalue weighted by Crippen LogP contribution is 2.46. The van der Waals surface area contributed by atoms with Crippen molar-refractivity contribution in [3.63, 3.8) is 0 Å². The molecule has 422 valence electrons. The lowest BCUT2D eigenvalue weighted by atomic mass is 9.83. The number of ether oxygens (including phenoxy) is 1. The Kier molecular flexibility index (Phi) is 14.2. The first kappa shape index (κ1) is 53.0. The largest absolute Gasteiger partial charge is 0.464 e. The van der Waals surface area contributed by atoms with Crippen molar-refractivity contribution in [2.24, 2.45) is 22.7 Å². The lowest BCUT2D eigenvalue weighted by molar-refractivity contribution is -0.155. The summed E-state index contributed by atoms with van der Waals surface area (Å²) in [7, 11) is 0. The summed E-state index contributed by atoms with van der Waals surface area (Å²) < 4.78 is 8.82. The van der Waals surface area contributed by atoms with Crippen molar-refractivity contribution in [1.82, 2.24) is 45.3 Å². The van der Waals surface area contributed by atoms with Crippen molar-refractivity contribution in [3.8, 4) is 22.4 Å². The predicted molar refractivity (Wildman–Crippen MR) is 308 cm³/mol. The molecule has 7 atom stereocenters. The van der Waals surface area contributed by atoms with E-state index >= 15 is 9.59 Å². The van der Waals surface area contributed by atoms with Gasteiger partial charge in [0.15, 0.2) is 0 Å². The van der Waals surface area contributed by atoms with Crippen LogP contribution in [0.2, 0.25) is 0 Å². The summed E-state index contributed by atoms with van der Waals surface area (Å²) in [6, 6.07) is 16.8. The van der Waals surface area contributed by atoms with Gasteiger partial charge in [-0.1, -0.05) is 70.9 Å². The second kappa shape index (κ2) is 21.2. The monoisotopic (exact) mass is 1070 g/mol. The van der Waals surface area contributed by atoms with Crippen LogP contribution in [-0.4, -0.2) is 155 Å². The first-order valence-corrected chi connectivity index (χ1v) is 30.8. The van der Waals surface area contributed by atoms with E-state index in [1.54, 1.807) is 5.01 Å². The molecule has 15 heteroatoms. The number of nitrogens with zero attached hydrogens (tertiary/aromatic N) is 7. The third-order valence-electron chi connectivity index (χ3n) is 20.2. The maximum Gasteiger partial charge on any atom is 0.324 e. The molecule has 2 saturated carbocycles. The number of carbonyl (C=O) groups is 4. The van der Waals surface area contributed by atoms with Gasteiger partial charge in [0, 0.05) is 98.2 Å². The highest BCUT2D eigenvalue weighted by Gasteiger charge is 2.55. The number of pyridine rings is 1. The van der Waals surface area contributed by atoms with E-state index in [2.05, 4.69) is 130 Å². The minimum absolute atomic E-state index is 0.0213. The van der Waals surface area contributed by atoms with Gasteiger partial charge < -0.3 is 24.4 Å². The molecular formula is C64H86N10O5. The molecule has 4 aromatic rings. The predicted octanol–water partition coefficient (Wildman–Crippen LogP) is 7.68. The Morgan fingerprint density at radius 1 is 0.873 bits per heavy atom. The number of hydrogen-bond acceptors (Lipinski definition) is 11. The molecule has 13 rings (SSSR count). The van der Waals surface area contributed by atoms with E-state index in [9.17, 15) is 9.59 Å². The van der Waals surface area contributed by atoms with E-state index in [1.807, 2.05) is 0 Å². The summed E-state index contributed by atoms with van der Waals surface area (Å²) in [5.74, 6) is 0.589. The number of hydrogen-bond donors (Lipinski definition) is 3. The number of piperazine rings is 1. The van der Waals surface area contributed by atoms with Crippen molar-refractivity contribution < 1.29 is 23.9 Å². The standard InChI is InChI=1S/C64H86N10O5/c1-6-73-53-21-20-45-32-48(53)50(58(73)49-33-47(35-65-54(49)40(2)3)70-29-28-69-24-10-16-46(69)36-70)34-63(4,5)39-79-62(78)51-17-11-25-74(68-51)60(76)52(31-41-12-9-15-44(45)30-41)66-59(75)57(43-13-7-8-14-43)71-26-22-64(37-71)23-27-72(38-64)61(77)56-55(67-56)42-18-19-42/h9,12,15,20-21,30,32-33,35,40,42-43,46,51-52,55-57,67-68H,6-8,10-11,13-14,16-19,22-29,31,34,36-39H2,1-5H3,(H,66,75)/t46-,51+,52+,55-,56-,57+,64+/m1/s1. The van der Waals surface area contributed by atoms with Crippen LogP contribution in [0.1, 0.15) is 134 Å². The number of cyclic esters (lactones) is 1. The number of fused-ring (bicyclic) bond motifs is 7. The number of hydrazine groups is 1. The van der Waals surface area contributed by atoms with Crippen LogP contribution in [0.3, 0.4) is 0 Å². The number of amides is 3. The zero-order valence-corrected chi connectivity index (χ0v) is 47.7. The third-order valence-corrected chi connectivity index (χ3v) is 20.2. The van der Waals surface area contributed by atoms with Gasteiger partial charge in [-0.15, -0.1) is 0 Å². The van der Waals surface area contributed by atoms with E-state index in [-0.39, 0.29) is 66.1 Å². The van der Waals surface area contributed by atoms with E-state index in [0.717, 1.165) is 119 Å². The second-order valence-corrected chi connectivity index (χ2v) is 26.8. The van der Waals surface area contributed by atoms with Gasteiger partial charge in [0.2, 0.25) is 11.8 Å². The normalized spacial score (nSPS) is 29.1. The number of esters is 1. The SMILES string of the molecule is CCn1c(-c2cc(N3CCN4CCC[C@@H]4C3)cnc2C(C)C)c2c3cc(ccc31)-c1cccc(c1)C[C@H](NC(=O)[C@H](C1CCCC1)N1CC[C@]3(CCN(C(=O)[C@@H]4N[C@@H]4C4CC4)C3)C1)C(=O)N1CCC[C@H](N1)C(=O)OCC(C)(C)C2.